The molecule has 16 heavy (non-hydrogen) atoms. The molecule has 0 saturated heterocycles. The predicted octanol–water partition coefficient (Wildman–Crippen LogP) is 2.01. The molecule has 1 unspecified atom stereocenters. The Morgan fingerprint density at radius 3 is 3.25 bits per heavy atom. The van der Waals surface area contributed by atoms with E-state index in [1.165, 1.54) is 5.56 Å². The fraction of sp³-hybridized carbons (Fsp3) is 0.364. The molecule has 2 aromatic rings. The monoisotopic (exact) mass is 281 g/mol. The van der Waals surface area contributed by atoms with Gasteiger partial charge < -0.3 is 9.73 Å². The van der Waals surface area contributed by atoms with Gasteiger partial charge in [0.05, 0.1) is 28.7 Å². The average molecular weight is 282 g/mol. The Morgan fingerprint density at radius 2 is 2.50 bits per heavy atom. The van der Waals surface area contributed by atoms with Crippen molar-refractivity contribution in [1.82, 2.24) is 15.1 Å². The standard InChI is InChI=1S/C11H12BrN3O/c1-15-11(8(12)6-14-15)10-7-3-5-16-9(7)2-4-13-10/h3,5-6,10,13H,2,4H2,1H3. The molecule has 84 valence electrons. The van der Waals surface area contributed by atoms with E-state index in [0.717, 1.165) is 28.9 Å². The third-order valence-corrected chi connectivity index (χ3v) is 3.61. The molecular formula is C11H12BrN3O. The van der Waals surface area contributed by atoms with Gasteiger partial charge in [-0.15, -0.1) is 0 Å². The lowest BCUT2D eigenvalue weighted by Crippen LogP contribution is -2.31. The number of nitrogens with one attached hydrogen (secondary N) is 1. The Balaban J connectivity index is 2.10. The Kier molecular flexibility index (Phi) is 2.37. The first-order chi connectivity index (χ1) is 7.77. The number of hydrogen-bond acceptors (Lipinski definition) is 3. The SMILES string of the molecule is Cn1ncc(Br)c1C1NCCc2occc21. The first-order valence-corrected chi connectivity index (χ1v) is 6.03. The van der Waals surface area contributed by atoms with E-state index in [1.54, 1.807) is 6.26 Å². The van der Waals surface area contributed by atoms with Crippen molar-refractivity contribution in [2.24, 2.45) is 7.05 Å². The molecule has 0 radical (unpaired) electrons. The maximum absolute atomic E-state index is 5.48. The van der Waals surface area contributed by atoms with E-state index in [-0.39, 0.29) is 6.04 Å². The molecule has 1 aliphatic rings. The van der Waals surface area contributed by atoms with Crippen molar-refractivity contribution in [3.05, 3.63) is 40.0 Å². The number of aromatic nitrogens is 2. The molecule has 0 spiro atoms. The molecule has 1 N–H and O–H groups in total. The zero-order chi connectivity index (χ0) is 11.1. The maximum atomic E-state index is 5.48. The summed E-state index contributed by atoms with van der Waals surface area (Å²) in [4.78, 5) is 0. The zero-order valence-electron chi connectivity index (χ0n) is 8.90. The minimum absolute atomic E-state index is 0.171. The van der Waals surface area contributed by atoms with Gasteiger partial charge in [0.2, 0.25) is 0 Å². The highest BCUT2D eigenvalue weighted by atomic mass is 79.9. The molecule has 0 fully saturated rings. The van der Waals surface area contributed by atoms with Gasteiger partial charge in [0, 0.05) is 25.6 Å². The summed E-state index contributed by atoms with van der Waals surface area (Å²) in [6.07, 6.45) is 4.54. The lowest BCUT2D eigenvalue weighted by molar-refractivity contribution is 0.446. The number of furan rings is 1. The summed E-state index contributed by atoms with van der Waals surface area (Å²) in [5, 5.41) is 7.74. The molecule has 5 heteroatoms. The van der Waals surface area contributed by atoms with Gasteiger partial charge in [-0.2, -0.15) is 5.10 Å². The van der Waals surface area contributed by atoms with Gasteiger partial charge in [0.25, 0.3) is 0 Å². The van der Waals surface area contributed by atoms with Crippen LogP contribution in [0.1, 0.15) is 23.1 Å². The van der Waals surface area contributed by atoms with E-state index in [0.29, 0.717) is 0 Å². The smallest absolute Gasteiger partial charge is 0.110 e. The number of hydrogen-bond donors (Lipinski definition) is 1. The quantitative estimate of drug-likeness (QED) is 0.870. The normalized spacial score (nSPS) is 19.8. The number of rotatable bonds is 1. The van der Waals surface area contributed by atoms with Crippen molar-refractivity contribution >= 4 is 15.9 Å². The highest BCUT2D eigenvalue weighted by molar-refractivity contribution is 9.10. The van der Waals surface area contributed by atoms with Crippen molar-refractivity contribution in [3.63, 3.8) is 0 Å². The molecule has 0 amide bonds. The predicted molar refractivity (Wildman–Crippen MR) is 63.2 cm³/mol. The number of nitrogens with zero attached hydrogens (tertiary/aromatic N) is 2. The summed E-state index contributed by atoms with van der Waals surface area (Å²) < 4.78 is 8.40. The van der Waals surface area contributed by atoms with Crippen LogP contribution in [0.15, 0.2) is 27.4 Å². The Bertz CT molecular complexity index is 498. The van der Waals surface area contributed by atoms with Gasteiger partial charge in [-0.25, -0.2) is 0 Å². The average Bonchev–Trinajstić information content (AvgIpc) is 2.86. The molecular weight excluding hydrogens is 270 g/mol. The fourth-order valence-electron chi connectivity index (χ4n) is 2.24. The highest BCUT2D eigenvalue weighted by Crippen LogP contribution is 2.32. The second kappa shape index (κ2) is 3.75. The van der Waals surface area contributed by atoms with Gasteiger partial charge in [0.1, 0.15) is 5.76 Å². The molecule has 3 rings (SSSR count). The Hall–Kier alpha value is -1.07. The van der Waals surface area contributed by atoms with Crippen molar-refractivity contribution in [2.45, 2.75) is 12.5 Å². The molecule has 0 aliphatic carbocycles. The van der Waals surface area contributed by atoms with E-state index in [1.807, 2.05) is 24.0 Å². The highest BCUT2D eigenvalue weighted by Gasteiger charge is 2.27. The van der Waals surface area contributed by atoms with Crippen molar-refractivity contribution in [3.8, 4) is 0 Å². The first kappa shape index (κ1) is 10.1. The zero-order valence-corrected chi connectivity index (χ0v) is 10.5. The lowest BCUT2D eigenvalue weighted by atomic mass is 9.99. The summed E-state index contributed by atoms with van der Waals surface area (Å²) >= 11 is 3.54. The lowest BCUT2D eigenvalue weighted by Gasteiger charge is -2.23. The second-order valence-corrected chi connectivity index (χ2v) is 4.79. The van der Waals surface area contributed by atoms with E-state index < -0.39 is 0 Å². The number of aryl methyl sites for hydroxylation is 1. The number of fused-ring (bicyclic) bond motifs is 1. The van der Waals surface area contributed by atoms with E-state index in [9.17, 15) is 0 Å². The third kappa shape index (κ3) is 1.43. The topological polar surface area (TPSA) is 43.0 Å². The summed E-state index contributed by atoms with van der Waals surface area (Å²) in [7, 11) is 1.95. The van der Waals surface area contributed by atoms with Crippen molar-refractivity contribution in [2.75, 3.05) is 6.54 Å². The summed E-state index contributed by atoms with van der Waals surface area (Å²) in [6.45, 7) is 0.933. The third-order valence-electron chi connectivity index (χ3n) is 3.00. The van der Waals surface area contributed by atoms with Crippen LogP contribution in [0.5, 0.6) is 0 Å². The molecule has 1 atom stereocenters. The Morgan fingerprint density at radius 1 is 1.62 bits per heavy atom. The van der Waals surface area contributed by atoms with Crippen LogP contribution in [0.2, 0.25) is 0 Å². The van der Waals surface area contributed by atoms with Crippen LogP contribution in [0, 0.1) is 0 Å². The maximum Gasteiger partial charge on any atom is 0.110 e. The van der Waals surface area contributed by atoms with E-state index >= 15 is 0 Å². The van der Waals surface area contributed by atoms with Crippen LogP contribution in [-0.2, 0) is 13.5 Å². The summed E-state index contributed by atoms with van der Waals surface area (Å²) in [5.41, 5.74) is 2.36. The largest absolute Gasteiger partial charge is 0.469 e. The van der Waals surface area contributed by atoms with Crippen LogP contribution in [0.4, 0.5) is 0 Å². The minimum Gasteiger partial charge on any atom is -0.469 e. The minimum atomic E-state index is 0.171. The van der Waals surface area contributed by atoms with Crippen LogP contribution >= 0.6 is 15.9 Å². The Labute approximate surface area is 102 Å². The molecule has 1 aliphatic heterocycles. The molecule has 4 nitrogen and oxygen atoms in total. The van der Waals surface area contributed by atoms with Gasteiger partial charge in [-0.3, -0.25) is 4.68 Å². The second-order valence-electron chi connectivity index (χ2n) is 3.94. The van der Waals surface area contributed by atoms with Gasteiger partial charge in [0.15, 0.2) is 0 Å². The number of halogens is 1. The van der Waals surface area contributed by atoms with Gasteiger partial charge >= 0.3 is 0 Å². The van der Waals surface area contributed by atoms with E-state index in [4.69, 9.17) is 4.42 Å². The summed E-state index contributed by atoms with van der Waals surface area (Å²) in [5.74, 6) is 1.08. The van der Waals surface area contributed by atoms with Crippen LogP contribution in [0.3, 0.4) is 0 Å². The van der Waals surface area contributed by atoms with Gasteiger partial charge in [-0.05, 0) is 22.0 Å². The van der Waals surface area contributed by atoms with Crippen LogP contribution in [-0.4, -0.2) is 16.3 Å². The molecule has 3 heterocycles. The van der Waals surface area contributed by atoms with Gasteiger partial charge in [-0.1, -0.05) is 0 Å². The summed E-state index contributed by atoms with van der Waals surface area (Å²) in [6, 6.07) is 2.20. The van der Waals surface area contributed by atoms with Crippen molar-refractivity contribution < 1.29 is 4.42 Å². The molecule has 0 aromatic carbocycles. The first-order valence-electron chi connectivity index (χ1n) is 5.24. The van der Waals surface area contributed by atoms with Crippen LogP contribution in [0.25, 0.3) is 0 Å². The molecule has 0 saturated carbocycles. The van der Waals surface area contributed by atoms with Crippen molar-refractivity contribution in [1.29, 1.82) is 0 Å². The van der Waals surface area contributed by atoms with Crippen LogP contribution < -0.4 is 5.32 Å². The molecule has 0 bridgehead atoms. The fourth-order valence-corrected chi connectivity index (χ4v) is 2.82. The van der Waals surface area contributed by atoms with E-state index in [2.05, 4.69) is 26.3 Å². The molecule has 2 aromatic heterocycles.